The molecule has 0 aliphatic carbocycles. The highest BCUT2D eigenvalue weighted by molar-refractivity contribution is 6.12. The second kappa shape index (κ2) is 11.9. The lowest BCUT2D eigenvalue weighted by Gasteiger charge is -2.13. The molecule has 0 N–H and O–H groups in total. The molecule has 3 aromatic heterocycles. The Morgan fingerprint density at radius 1 is 0.404 bits per heavy atom. The van der Waals surface area contributed by atoms with E-state index in [1.54, 1.807) is 0 Å². The highest BCUT2D eigenvalue weighted by Gasteiger charge is 2.22. The van der Waals surface area contributed by atoms with Gasteiger partial charge in [-0.15, -0.1) is 0 Å². The lowest BCUT2D eigenvalue weighted by molar-refractivity contribution is 0.669. The van der Waals surface area contributed by atoms with E-state index in [2.05, 4.69) is 60.7 Å². The largest absolute Gasteiger partial charge is 0.456 e. The lowest BCUT2D eigenvalue weighted by Crippen LogP contribution is -2.01. The van der Waals surface area contributed by atoms with E-state index in [0.717, 1.165) is 77.2 Å². The first kappa shape index (κ1) is 29.5. The van der Waals surface area contributed by atoms with E-state index < -0.39 is 0 Å². The zero-order chi connectivity index (χ0) is 34.6. The van der Waals surface area contributed by atoms with Gasteiger partial charge in [0.05, 0.1) is 17.2 Å². The monoisotopic (exact) mass is 666 g/mol. The van der Waals surface area contributed by atoms with E-state index in [-0.39, 0.29) is 0 Å². The van der Waals surface area contributed by atoms with Gasteiger partial charge in [-0.3, -0.25) is 0 Å². The summed E-state index contributed by atoms with van der Waals surface area (Å²) in [6.45, 7) is 0. The van der Waals surface area contributed by atoms with Crippen LogP contribution in [0.15, 0.2) is 167 Å². The van der Waals surface area contributed by atoms with Crippen molar-refractivity contribution in [2.45, 2.75) is 0 Å². The van der Waals surface area contributed by atoms with Gasteiger partial charge < -0.3 is 8.83 Å². The Bertz CT molecular complexity index is 3010. The summed E-state index contributed by atoms with van der Waals surface area (Å²) in [5.41, 5.74) is 10.3. The number of benzene rings is 7. The second-order valence-corrected chi connectivity index (χ2v) is 12.7. The third kappa shape index (κ3) is 4.92. The Balaban J connectivity index is 1.21. The maximum Gasteiger partial charge on any atom is 0.168 e. The average Bonchev–Trinajstić information content (AvgIpc) is 3.79. The van der Waals surface area contributed by atoms with Gasteiger partial charge in [-0.05, 0) is 70.8 Å². The molecule has 0 atom stereocenters. The van der Waals surface area contributed by atoms with Gasteiger partial charge in [0, 0.05) is 32.7 Å². The molecule has 10 rings (SSSR count). The first-order chi connectivity index (χ1) is 25.7. The van der Waals surface area contributed by atoms with E-state index in [4.69, 9.17) is 23.8 Å². The van der Waals surface area contributed by atoms with Gasteiger partial charge >= 0.3 is 0 Å². The quantitative estimate of drug-likeness (QED) is 0.182. The van der Waals surface area contributed by atoms with Crippen LogP contribution in [0.4, 0.5) is 0 Å². The molecule has 0 radical (unpaired) electrons. The number of rotatable bonds is 5. The van der Waals surface area contributed by atoms with Gasteiger partial charge in [-0.2, -0.15) is 5.26 Å². The van der Waals surface area contributed by atoms with Crippen molar-refractivity contribution < 1.29 is 8.83 Å². The maximum atomic E-state index is 9.26. The summed E-state index contributed by atoms with van der Waals surface area (Å²) in [4.78, 5) is 15.4. The van der Waals surface area contributed by atoms with Crippen LogP contribution in [-0.2, 0) is 0 Å². The molecule has 0 spiro atoms. The van der Waals surface area contributed by atoms with Crippen LogP contribution < -0.4 is 0 Å². The summed E-state index contributed by atoms with van der Waals surface area (Å²) in [6, 6.07) is 54.7. The summed E-state index contributed by atoms with van der Waals surface area (Å²) in [5.74, 6) is 1.62. The van der Waals surface area contributed by atoms with Crippen LogP contribution >= 0.6 is 0 Å². The second-order valence-electron chi connectivity index (χ2n) is 12.7. The molecular formula is C46H26N4O2. The number of fused-ring (bicyclic) bond motifs is 6. The Labute approximate surface area is 297 Å². The fourth-order valence-electron chi connectivity index (χ4n) is 7.03. The molecule has 3 heterocycles. The Kier molecular flexibility index (Phi) is 6.76. The molecule has 0 aliphatic heterocycles. The molecule has 0 fully saturated rings. The number of para-hydroxylation sites is 2. The molecule has 10 aromatic rings. The van der Waals surface area contributed by atoms with E-state index in [9.17, 15) is 5.26 Å². The van der Waals surface area contributed by atoms with E-state index in [1.165, 1.54) is 0 Å². The van der Waals surface area contributed by atoms with E-state index in [1.807, 2.05) is 103 Å². The Hall–Kier alpha value is -7.36. The van der Waals surface area contributed by atoms with Crippen molar-refractivity contribution in [2.24, 2.45) is 0 Å². The van der Waals surface area contributed by atoms with Crippen LogP contribution in [0.25, 0.3) is 100 Å². The van der Waals surface area contributed by atoms with Crippen molar-refractivity contribution in [2.75, 3.05) is 0 Å². The van der Waals surface area contributed by atoms with Crippen LogP contribution in [0.1, 0.15) is 5.56 Å². The molecule has 0 aliphatic rings. The number of nitrogens with zero attached hydrogens (tertiary/aromatic N) is 4. The van der Waals surface area contributed by atoms with E-state index in [0.29, 0.717) is 28.6 Å². The summed E-state index contributed by atoms with van der Waals surface area (Å²) >= 11 is 0. The molecule has 0 saturated heterocycles. The number of furan rings is 2. The molecule has 0 saturated carbocycles. The van der Waals surface area contributed by atoms with Crippen LogP contribution in [0.2, 0.25) is 0 Å². The minimum Gasteiger partial charge on any atom is -0.456 e. The third-order valence-electron chi connectivity index (χ3n) is 9.62. The van der Waals surface area contributed by atoms with E-state index >= 15 is 0 Å². The van der Waals surface area contributed by atoms with Gasteiger partial charge in [0.2, 0.25) is 0 Å². The molecular weight excluding hydrogens is 641 g/mol. The first-order valence-corrected chi connectivity index (χ1v) is 17.0. The highest BCUT2D eigenvalue weighted by atomic mass is 16.3. The Morgan fingerprint density at radius 3 is 1.69 bits per heavy atom. The van der Waals surface area contributed by atoms with Gasteiger partial charge in [-0.1, -0.05) is 109 Å². The summed E-state index contributed by atoms with van der Waals surface area (Å²) in [7, 11) is 0. The topological polar surface area (TPSA) is 88.7 Å². The molecule has 0 amide bonds. The first-order valence-electron chi connectivity index (χ1n) is 17.0. The van der Waals surface area contributed by atoms with Gasteiger partial charge in [0.25, 0.3) is 0 Å². The standard InChI is InChI=1S/C46H26N4O2/c47-27-28-14-16-29(17-15-28)30-18-20-31(21-19-30)34-23-24-37-35-10-4-7-13-40(35)52-43(37)42(34)46-49-44(32-8-2-1-3-9-32)48-45(50-46)33-22-25-41-38(26-33)36-11-5-6-12-39(36)51-41/h1-26H. The number of hydrogen-bond acceptors (Lipinski definition) is 6. The maximum absolute atomic E-state index is 9.26. The van der Waals surface area contributed by atoms with Gasteiger partial charge in [0.15, 0.2) is 17.5 Å². The smallest absolute Gasteiger partial charge is 0.168 e. The predicted molar refractivity (Wildman–Crippen MR) is 206 cm³/mol. The molecule has 0 bridgehead atoms. The zero-order valence-corrected chi connectivity index (χ0v) is 27.6. The predicted octanol–water partition coefficient (Wildman–Crippen LogP) is 11.9. The number of hydrogen-bond donors (Lipinski definition) is 0. The zero-order valence-electron chi connectivity index (χ0n) is 27.6. The van der Waals surface area contributed by atoms with Crippen molar-refractivity contribution in [3.63, 3.8) is 0 Å². The molecule has 0 unspecified atom stereocenters. The summed E-state index contributed by atoms with van der Waals surface area (Å²) in [6.07, 6.45) is 0. The number of nitriles is 1. The van der Waals surface area contributed by atoms with Crippen molar-refractivity contribution in [3.8, 4) is 62.5 Å². The SMILES string of the molecule is N#Cc1ccc(-c2ccc(-c3ccc4c(oc5ccccc54)c3-c3nc(-c4ccccc4)nc(-c4ccc5oc6ccccc6c5c4)n3)cc2)cc1. The van der Waals surface area contributed by atoms with Crippen LogP contribution in [0.3, 0.4) is 0 Å². The normalized spacial score (nSPS) is 11.4. The van der Waals surface area contributed by atoms with Crippen LogP contribution in [-0.4, -0.2) is 15.0 Å². The minimum atomic E-state index is 0.511. The lowest BCUT2D eigenvalue weighted by atomic mass is 9.94. The molecule has 6 nitrogen and oxygen atoms in total. The third-order valence-corrected chi connectivity index (χ3v) is 9.62. The summed E-state index contributed by atoms with van der Waals surface area (Å²) < 4.78 is 12.8. The minimum absolute atomic E-state index is 0.511. The van der Waals surface area contributed by atoms with Crippen molar-refractivity contribution in [1.29, 1.82) is 5.26 Å². The fourth-order valence-corrected chi connectivity index (χ4v) is 7.03. The highest BCUT2D eigenvalue weighted by Crippen LogP contribution is 2.42. The molecule has 6 heteroatoms. The van der Waals surface area contributed by atoms with Crippen molar-refractivity contribution >= 4 is 43.9 Å². The van der Waals surface area contributed by atoms with Gasteiger partial charge in [0.1, 0.15) is 22.3 Å². The van der Waals surface area contributed by atoms with Crippen molar-refractivity contribution in [3.05, 3.63) is 163 Å². The van der Waals surface area contributed by atoms with Crippen LogP contribution in [0.5, 0.6) is 0 Å². The van der Waals surface area contributed by atoms with Crippen LogP contribution in [0, 0.1) is 11.3 Å². The molecule has 7 aromatic carbocycles. The van der Waals surface area contributed by atoms with Crippen molar-refractivity contribution in [1.82, 2.24) is 15.0 Å². The average molecular weight is 667 g/mol. The number of aromatic nitrogens is 3. The van der Waals surface area contributed by atoms with Gasteiger partial charge in [-0.25, -0.2) is 15.0 Å². The molecule has 52 heavy (non-hydrogen) atoms. The fraction of sp³-hybridized carbons (Fsp3) is 0. The Morgan fingerprint density at radius 2 is 0.962 bits per heavy atom. The summed E-state index contributed by atoms with van der Waals surface area (Å²) in [5, 5.41) is 13.3. The molecule has 242 valence electrons.